The smallest absolute Gasteiger partial charge is 0.306 e. The van der Waals surface area contributed by atoms with Gasteiger partial charge < -0.3 is 5.32 Å². The molecule has 0 atom stereocenters. The zero-order chi connectivity index (χ0) is 16.5. The van der Waals surface area contributed by atoms with Crippen molar-refractivity contribution in [2.45, 2.75) is 39.0 Å². The summed E-state index contributed by atoms with van der Waals surface area (Å²) >= 11 is 0. The molecule has 0 fully saturated rings. The molecule has 23 heavy (non-hydrogen) atoms. The summed E-state index contributed by atoms with van der Waals surface area (Å²) in [6.45, 7) is 2.19. The normalized spacial score (nSPS) is 11.0. The number of anilines is 1. The monoisotopic (exact) mass is 311 g/mol. The lowest BCUT2D eigenvalue weighted by molar-refractivity contribution is 0.224. The van der Waals surface area contributed by atoms with E-state index in [1.54, 1.807) is 7.05 Å². The number of carbonyl (C=O) groups is 1. The number of unbranched alkanes of at least 4 members (excludes halogenated alkanes) is 4. The maximum absolute atomic E-state index is 12.2. The summed E-state index contributed by atoms with van der Waals surface area (Å²) in [6.07, 6.45) is 7.55. The first-order valence-corrected chi connectivity index (χ1v) is 8.27. The summed E-state index contributed by atoms with van der Waals surface area (Å²) in [6, 6.07) is 13.6. The van der Waals surface area contributed by atoms with Gasteiger partial charge in [-0.15, -0.1) is 0 Å². The van der Waals surface area contributed by atoms with E-state index in [1.165, 1.54) is 24.3 Å². The SMILES string of the molecule is CCCCCC/C=N/N(C)C(=O)Nc1cccc2ccccc12. The van der Waals surface area contributed by atoms with Gasteiger partial charge >= 0.3 is 6.03 Å². The van der Waals surface area contributed by atoms with E-state index in [9.17, 15) is 4.79 Å². The lowest BCUT2D eigenvalue weighted by atomic mass is 10.1. The number of hydrogen-bond donors (Lipinski definition) is 1. The topological polar surface area (TPSA) is 44.7 Å². The Morgan fingerprint density at radius 1 is 1.13 bits per heavy atom. The van der Waals surface area contributed by atoms with Crippen LogP contribution in [-0.4, -0.2) is 24.3 Å². The molecule has 0 saturated carbocycles. The summed E-state index contributed by atoms with van der Waals surface area (Å²) in [5.74, 6) is 0. The molecule has 2 aromatic rings. The van der Waals surface area contributed by atoms with E-state index in [0.29, 0.717) is 0 Å². The maximum Gasteiger partial charge on any atom is 0.341 e. The van der Waals surface area contributed by atoms with E-state index in [0.717, 1.165) is 29.3 Å². The third kappa shape index (κ3) is 5.09. The van der Waals surface area contributed by atoms with Crippen LogP contribution in [-0.2, 0) is 0 Å². The van der Waals surface area contributed by atoms with Gasteiger partial charge in [-0.2, -0.15) is 5.10 Å². The van der Waals surface area contributed by atoms with Crippen LogP contribution < -0.4 is 5.32 Å². The number of benzene rings is 2. The maximum atomic E-state index is 12.2. The van der Waals surface area contributed by atoms with Gasteiger partial charge in [0.25, 0.3) is 0 Å². The number of amides is 2. The molecular weight excluding hydrogens is 286 g/mol. The fourth-order valence-corrected chi connectivity index (χ4v) is 2.43. The number of rotatable bonds is 7. The largest absolute Gasteiger partial charge is 0.341 e. The van der Waals surface area contributed by atoms with E-state index < -0.39 is 0 Å². The van der Waals surface area contributed by atoms with Gasteiger partial charge in [0.2, 0.25) is 0 Å². The highest BCUT2D eigenvalue weighted by Crippen LogP contribution is 2.23. The van der Waals surface area contributed by atoms with Crippen LogP contribution in [0.2, 0.25) is 0 Å². The highest BCUT2D eigenvalue weighted by Gasteiger charge is 2.08. The first-order valence-electron chi connectivity index (χ1n) is 8.27. The molecule has 4 heteroatoms. The Labute approximate surface area is 138 Å². The van der Waals surface area contributed by atoms with Gasteiger partial charge in [-0.25, -0.2) is 9.80 Å². The molecule has 0 spiro atoms. The van der Waals surface area contributed by atoms with Gasteiger partial charge in [-0.05, 0) is 24.3 Å². The number of carbonyl (C=O) groups excluding carboxylic acids is 1. The highest BCUT2D eigenvalue weighted by atomic mass is 16.2. The minimum atomic E-state index is -0.230. The molecule has 122 valence electrons. The molecule has 2 amide bonds. The Hall–Kier alpha value is -2.36. The quantitative estimate of drug-likeness (QED) is 0.423. The molecule has 4 nitrogen and oxygen atoms in total. The number of nitrogens with one attached hydrogen (secondary N) is 1. The molecule has 0 aliphatic heterocycles. The van der Waals surface area contributed by atoms with Crippen LogP contribution in [0.4, 0.5) is 10.5 Å². The van der Waals surface area contributed by atoms with Crippen LogP contribution >= 0.6 is 0 Å². The van der Waals surface area contributed by atoms with E-state index in [2.05, 4.69) is 17.3 Å². The van der Waals surface area contributed by atoms with Crippen molar-refractivity contribution in [1.29, 1.82) is 0 Å². The molecule has 0 aliphatic carbocycles. The molecule has 2 rings (SSSR count). The van der Waals surface area contributed by atoms with Crippen molar-refractivity contribution < 1.29 is 4.79 Å². The minimum Gasteiger partial charge on any atom is -0.306 e. The zero-order valence-corrected chi connectivity index (χ0v) is 14.0. The predicted octanol–water partition coefficient (Wildman–Crippen LogP) is 5.26. The van der Waals surface area contributed by atoms with Crippen molar-refractivity contribution >= 4 is 28.7 Å². The second kappa shape index (κ2) is 8.93. The average Bonchev–Trinajstić information content (AvgIpc) is 2.58. The summed E-state index contributed by atoms with van der Waals surface area (Å²) in [5.41, 5.74) is 0.804. The van der Waals surface area contributed by atoms with Crippen molar-refractivity contribution in [2.75, 3.05) is 12.4 Å². The second-order valence-corrected chi connectivity index (χ2v) is 5.63. The van der Waals surface area contributed by atoms with Crippen molar-refractivity contribution in [3.8, 4) is 0 Å². The van der Waals surface area contributed by atoms with Crippen LogP contribution in [0.1, 0.15) is 39.0 Å². The molecular formula is C19H25N3O. The van der Waals surface area contributed by atoms with Crippen LogP contribution in [0.5, 0.6) is 0 Å². The molecule has 0 heterocycles. The van der Waals surface area contributed by atoms with E-state index in [-0.39, 0.29) is 6.03 Å². The molecule has 0 aliphatic rings. The van der Waals surface area contributed by atoms with Crippen molar-refractivity contribution in [3.05, 3.63) is 42.5 Å². The fraction of sp³-hybridized carbons (Fsp3) is 0.368. The van der Waals surface area contributed by atoms with Crippen LogP contribution in [0.25, 0.3) is 10.8 Å². The predicted molar refractivity (Wildman–Crippen MR) is 98.0 cm³/mol. The number of hydrogen-bond acceptors (Lipinski definition) is 2. The van der Waals surface area contributed by atoms with Crippen molar-refractivity contribution in [1.82, 2.24) is 5.01 Å². The van der Waals surface area contributed by atoms with E-state index >= 15 is 0 Å². The van der Waals surface area contributed by atoms with Crippen LogP contribution in [0.15, 0.2) is 47.6 Å². The third-order valence-corrected chi connectivity index (χ3v) is 3.77. The van der Waals surface area contributed by atoms with E-state index in [4.69, 9.17) is 0 Å². The van der Waals surface area contributed by atoms with E-state index in [1.807, 2.05) is 48.7 Å². The Kier molecular flexibility index (Phi) is 6.60. The van der Waals surface area contributed by atoms with Gasteiger partial charge in [0.15, 0.2) is 0 Å². The molecule has 0 saturated heterocycles. The average molecular weight is 311 g/mol. The molecule has 0 radical (unpaired) electrons. The Balaban J connectivity index is 1.91. The number of hydrazone groups is 1. The molecule has 2 aromatic carbocycles. The number of nitrogens with zero attached hydrogens (tertiary/aromatic N) is 2. The van der Waals surface area contributed by atoms with Crippen LogP contribution in [0, 0.1) is 0 Å². The Morgan fingerprint density at radius 3 is 2.74 bits per heavy atom. The lowest BCUT2D eigenvalue weighted by Gasteiger charge is -2.14. The zero-order valence-electron chi connectivity index (χ0n) is 14.0. The first kappa shape index (κ1) is 17.0. The van der Waals surface area contributed by atoms with Gasteiger partial charge in [0.1, 0.15) is 0 Å². The minimum absolute atomic E-state index is 0.230. The lowest BCUT2D eigenvalue weighted by Crippen LogP contribution is -2.27. The molecule has 0 unspecified atom stereocenters. The highest BCUT2D eigenvalue weighted by molar-refractivity contribution is 6.01. The van der Waals surface area contributed by atoms with Gasteiger partial charge in [0, 0.05) is 18.6 Å². The summed E-state index contributed by atoms with van der Waals surface area (Å²) in [7, 11) is 1.67. The van der Waals surface area contributed by atoms with Gasteiger partial charge in [0.05, 0.1) is 5.69 Å². The molecule has 1 N–H and O–H groups in total. The van der Waals surface area contributed by atoms with Gasteiger partial charge in [-0.1, -0.05) is 62.6 Å². The standard InChI is InChI=1S/C19H25N3O/c1-3-4-5-6-9-15-20-22(2)19(23)21-18-14-10-12-16-11-7-8-13-17(16)18/h7-8,10-15H,3-6,9H2,1-2H3,(H,21,23)/b20-15+. The first-order chi connectivity index (χ1) is 11.2. The Morgan fingerprint density at radius 2 is 1.91 bits per heavy atom. The Bertz CT molecular complexity index is 661. The second-order valence-electron chi connectivity index (χ2n) is 5.63. The van der Waals surface area contributed by atoms with Gasteiger partial charge in [-0.3, -0.25) is 0 Å². The summed E-state index contributed by atoms with van der Waals surface area (Å²) in [5, 5.41) is 10.6. The van der Waals surface area contributed by atoms with Crippen LogP contribution in [0.3, 0.4) is 0 Å². The third-order valence-electron chi connectivity index (χ3n) is 3.77. The van der Waals surface area contributed by atoms with Crippen molar-refractivity contribution in [3.63, 3.8) is 0 Å². The summed E-state index contributed by atoms with van der Waals surface area (Å²) in [4.78, 5) is 12.2. The molecule has 0 bridgehead atoms. The van der Waals surface area contributed by atoms with Crippen molar-refractivity contribution in [2.24, 2.45) is 5.10 Å². The summed E-state index contributed by atoms with van der Waals surface area (Å²) < 4.78 is 0. The molecule has 0 aromatic heterocycles. The fourth-order valence-electron chi connectivity index (χ4n) is 2.43. The number of urea groups is 1. The number of fused-ring (bicyclic) bond motifs is 1.